The molecule has 5 rings (SSSR count). The maximum atomic E-state index is 11.4. The van der Waals surface area contributed by atoms with Crippen LogP contribution in [0, 0.1) is 11.3 Å². The van der Waals surface area contributed by atoms with E-state index in [1.54, 1.807) is 0 Å². The molecule has 0 aromatic heterocycles. The Morgan fingerprint density at radius 1 is 1.03 bits per heavy atom. The Balaban J connectivity index is 1.37. The van der Waals surface area contributed by atoms with E-state index in [0.717, 1.165) is 74.5 Å². The molecule has 2 aromatic carbocycles. The molecule has 0 aliphatic carbocycles. The summed E-state index contributed by atoms with van der Waals surface area (Å²) in [6.45, 7) is 1.52. The largest absolute Gasteiger partial charge is 0.390 e. The molecule has 5 nitrogen and oxygen atoms in total. The number of nitrogens with zero attached hydrogens (tertiary/aromatic N) is 2. The first kappa shape index (κ1) is 18.9. The predicted molar refractivity (Wildman–Crippen MR) is 112 cm³/mol. The topological polar surface area (TPSA) is 65.7 Å². The van der Waals surface area contributed by atoms with Gasteiger partial charge in [0.2, 0.25) is 0 Å². The van der Waals surface area contributed by atoms with Crippen molar-refractivity contribution in [2.24, 2.45) is 0 Å². The number of piperidine rings is 1. The van der Waals surface area contributed by atoms with E-state index in [1.165, 1.54) is 5.69 Å². The molecule has 3 heterocycles. The van der Waals surface area contributed by atoms with Gasteiger partial charge in [-0.15, -0.1) is 0 Å². The lowest BCUT2D eigenvalue weighted by molar-refractivity contribution is -0.187. The fourth-order valence-corrected chi connectivity index (χ4v) is 5.62. The van der Waals surface area contributed by atoms with Crippen molar-refractivity contribution in [3.05, 3.63) is 42.0 Å². The number of hydrogen-bond donors (Lipinski definition) is 1. The van der Waals surface area contributed by atoms with Gasteiger partial charge in [-0.25, -0.2) is 0 Å². The first-order chi connectivity index (χ1) is 14.2. The van der Waals surface area contributed by atoms with Crippen molar-refractivity contribution in [3.8, 4) is 6.07 Å². The maximum absolute atomic E-state index is 11.4. The lowest BCUT2D eigenvalue weighted by atomic mass is 9.82. The molecule has 0 spiro atoms. The van der Waals surface area contributed by atoms with Gasteiger partial charge in [0.1, 0.15) is 0 Å². The van der Waals surface area contributed by atoms with E-state index in [1.807, 2.05) is 24.3 Å². The molecule has 152 valence electrons. The van der Waals surface area contributed by atoms with Gasteiger partial charge >= 0.3 is 0 Å². The number of rotatable bonds is 4. The van der Waals surface area contributed by atoms with Gasteiger partial charge < -0.3 is 19.5 Å². The molecule has 2 atom stereocenters. The standard InChI is InChI=1S/C24H28N2O3/c25-16-17-6-9-22(21-5-2-1-4-20(17)21)26-18-7-8-19(26)15-24(27,14-18)11-10-23-28-12-3-13-29-23/h1-2,4-6,9,18-19,23,27H,3,7-8,10-15H2. The van der Waals surface area contributed by atoms with Crippen LogP contribution in [0.25, 0.3) is 10.8 Å². The molecule has 3 aliphatic heterocycles. The van der Waals surface area contributed by atoms with Crippen LogP contribution >= 0.6 is 0 Å². The zero-order valence-corrected chi connectivity index (χ0v) is 16.7. The predicted octanol–water partition coefficient (Wildman–Crippen LogP) is 4.12. The fraction of sp³-hybridized carbons (Fsp3) is 0.542. The maximum Gasteiger partial charge on any atom is 0.157 e. The molecule has 0 amide bonds. The Kier molecular flexibility index (Phi) is 4.95. The highest BCUT2D eigenvalue weighted by atomic mass is 16.7. The van der Waals surface area contributed by atoms with Crippen molar-refractivity contribution in [1.82, 2.24) is 0 Å². The van der Waals surface area contributed by atoms with Gasteiger partial charge in [-0.1, -0.05) is 24.3 Å². The summed E-state index contributed by atoms with van der Waals surface area (Å²) >= 11 is 0. The van der Waals surface area contributed by atoms with Crippen molar-refractivity contribution in [2.75, 3.05) is 18.1 Å². The molecule has 0 saturated carbocycles. The van der Waals surface area contributed by atoms with Gasteiger partial charge in [0.05, 0.1) is 30.4 Å². The number of anilines is 1. The molecule has 2 unspecified atom stereocenters. The van der Waals surface area contributed by atoms with Gasteiger partial charge in [0, 0.05) is 35.0 Å². The number of hydrogen-bond acceptors (Lipinski definition) is 5. The number of benzene rings is 2. The summed E-state index contributed by atoms with van der Waals surface area (Å²) in [5.41, 5.74) is 1.28. The monoisotopic (exact) mass is 392 g/mol. The first-order valence-electron chi connectivity index (χ1n) is 10.8. The molecule has 3 fully saturated rings. The SMILES string of the molecule is N#Cc1ccc(N2C3CCC2CC(O)(CCC2OCCCO2)C3)c2ccccc12. The highest BCUT2D eigenvalue weighted by Crippen LogP contribution is 2.47. The summed E-state index contributed by atoms with van der Waals surface area (Å²) < 4.78 is 11.3. The third kappa shape index (κ3) is 3.50. The van der Waals surface area contributed by atoms with E-state index in [2.05, 4.69) is 23.1 Å². The van der Waals surface area contributed by atoms with Crippen LogP contribution in [0.15, 0.2) is 36.4 Å². The molecule has 2 bridgehead atoms. The molecule has 0 radical (unpaired) electrons. The summed E-state index contributed by atoms with van der Waals surface area (Å²) in [6, 6.07) is 15.2. The summed E-state index contributed by atoms with van der Waals surface area (Å²) in [7, 11) is 0. The number of aliphatic hydroxyl groups is 1. The van der Waals surface area contributed by atoms with Crippen LogP contribution in [0.2, 0.25) is 0 Å². The highest BCUT2D eigenvalue weighted by Gasteiger charge is 2.47. The number of ether oxygens (including phenoxy) is 2. The Morgan fingerprint density at radius 2 is 1.72 bits per heavy atom. The van der Waals surface area contributed by atoms with E-state index < -0.39 is 5.60 Å². The lowest BCUT2D eigenvalue weighted by Crippen LogP contribution is -2.51. The minimum Gasteiger partial charge on any atom is -0.390 e. The van der Waals surface area contributed by atoms with Crippen LogP contribution in [-0.2, 0) is 9.47 Å². The molecule has 1 N–H and O–H groups in total. The Hall–Kier alpha value is -2.13. The van der Waals surface area contributed by atoms with Gasteiger partial charge in [0.25, 0.3) is 0 Å². The van der Waals surface area contributed by atoms with Crippen molar-refractivity contribution in [1.29, 1.82) is 5.26 Å². The van der Waals surface area contributed by atoms with Crippen LogP contribution in [0.3, 0.4) is 0 Å². The van der Waals surface area contributed by atoms with E-state index >= 15 is 0 Å². The average Bonchev–Trinajstić information content (AvgIpc) is 3.04. The number of nitriles is 1. The van der Waals surface area contributed by atoms with Crippen molar-refractivity contribution < 1.29 is 14.6 Å². The molecule has 29 heavy (non-hydrogen) atoms. The van der Waals surface area contributed by atoms with Crippen molar-refractivity contribution >= 4 is 16.5 Å². The minimum absolute atomic E-state index is 0.161. The quantitative estimate of drug-likeness (QED) is 0.848. The molecule has 3 saturated heterocycles. The average molecular weight is 392 g/mol. The zero-order chi connectivity index (χ0) is 19.8. The van der Waals surface area contributed by atoms with Crippen LogP contribution in [0.5, 0.6) is 0 Å². The zero-order valence-electron chi connectivity index (χ0n) is 16.7. The first-order valence-corrected chi connectivity index (χ1v) is 10.8. The fourth-order valence-electron chi connectivity index (χ4n) is 5.62. The van der Waals surface area contributed by atoms with E-state index in [-0.39, 0.29) is 6.29 Å². The van der Waals surface area contributed by atoms with Gasteiger partial charge in [-0.05, 0) is 50.7 Å². The second kappa shape index (κ2) is 7.60. The van der Waals surface area contributed by atoms with E-state index in [4.69, 9.17) is 9.47 Å². The summed E-state index contributed by atoms with van der Waals surface area (Å²) in [6.07, 6.45) is 6.07. The van der Waals surface area contributed by atoms with E-state index in [9.17, 15) is 10.4 Å². The molecule has 5 heteroatoms. The van der Waals surface area contributed by atoms with Crippen LogP contribution in [-0.4, -0.2) is 42.3 Å². The Bertz CT molecular complexity index is 917. The van der Waals surface area contributed by atoms with Crippen LogP contribution in [0.1, 0.15) is 50.5 Å². The van der Waals surface area contributed by atoms with Crippen molar-refractivity contribution in [3.63, 3.8) is 0 Å². The Labute approximate surface area is 171 Å². The molecular weight excluding hydrogens is 364 g/mol. The molecule has 3 aliphatic rings. The van der Waals surface area contributed by atoms with Crippen molar-refractivity contribution in [2.45, 2.75) is 68.9 Å². The Morgan fingerprint density at radius 3 is 2.41 bits per heavy atom. The highest BCUT2D eigenvalue weighted by molar-refractivity contribution is 5.98. The lowest BCUT2D eigenvalue weighted by Gasteiger charge is -2.46. The van der Waals surface area contributed by atoms with Crippen LogP contribution < -0.4 is 4.90 Å². The smallest absolute Gasteiger partial charge is 0.157 e. The minimum atomic E-state index is -0.644. The normalized spacial score (nSPS) is 29.9. The summed E-state index contributed by atoms with van der Waals surface area (Å²) in [4.78, 5) is 2.52. The van der Waals surface area contributed by atoms with Gasteiger partial charge in [0.15, 0.2) is 6.29 Å². The third-order valence-electron chi connectivity index (χ3n) is 6.89. The van der Waals surface area contributed by atoms with Crippen LogP contribution in [0.4, 0.5) is 5.69 Å². The van der Waals surface area contributed by atoms with Gasteiger partial charge in [-0.2, -0.15) is 5.26 Å². The second-order valence-electron chi connectivity index (χ2n) is 8.78. The summed E-state index contributed by atoms with van der Waals surface area (Å²) in [5.74, 6) is 0. The molecular formula is C24H28N2O3. The molecule has 2 aromatic rings. The van der Waals surface area contributed by atoms with Gasteiger partial charge in [-0.3, -0.25) is 0 Å². The number of fused-ring (bicyclic) bond motifs is 3. The third-order valence-corrected chi connectivity index (χ3v) is 6.89. The van der Waals surface area contributed by atoms with E-state index in [0.29, 0.717) is 12.1 Å². The summed E-state index contributed by atoms with van der Waals surface area (Å²) in [5, 5.41) is 23.0. The second-order valence-corrected chi connectivity index (χ2v) is 8.78.